The molecular formula is C13H26N2O3. The molecule has 0 aromatic carbocycles. The van der Waals surface area contributed by atoms with E-state index in [-0.39, 0.29) is 6.54 Å². The predicted octanol–water partition coefficient (Wildman–Crippen LogP) is 0.534. The van der Waals surface area contributed by atoms with Crippen molar-refractivity contribution in [3.63, 3.8) is 0 Å². The Labute approximate surface area is 109 Å². The first-order valence-electron chi connectivity index (χ1n) is 6.80. The zero-order chi connectivity index (χ0) is 13.6. The number of nitrogens with one attached hydrogen (secondary N) is 1. The molecule has 0 bridgehead atoms. The largest absolute Gasteiger partial charge is 0.480 e. The molecule has 0 aromatic heterocycles. The highest BCUT2D eigenvalue weighted by Crippen LogP contribution is 2.19. The van der Waals surface area contributed by atoms with Gasteiger partial charge in [0.15, 0.2) is 0 Å². The summed E-state index contributed by atoms with van der Waals surface area (Å²) >= 11 is 0. The lowest BCUT2D eigenvalue weighted by Crippen LogP contribution is -2.47. The van der Waals surface area contributed by atoms with Gasteiger partial charge >= 0.3 is 5.97 Å². The molecule has 5 heteroatoms. The van der Waals surface area contributed by atoms with Crippen molar-refractivity contribution >= 4 is 5.97 Å². The number of carbonyl (C=O) groups is 1. The fraction of sp³-hybridized carbons (Fsp3) is 0.923. The maximum atomic E-state index is 10.4. The van der Waals surface area contributed by atoms with Crippen LogP contribution >= 0.6 is 0 Å². The molecule has 1 aliphatic rings. The molecule has 0 saturated carbocycles. The monoisotopic (exact) mass is 258 g/mol. The average molecular weight is 258 g/mol. The molecule has 0 spiro atoms. The van der Waals surface area contributed by atoms with Crippen LogP contribution in [0.25, 0.3) is 0 Å². The fourth-order valence-electron chi connectivity index (χ4n) is 2.44. The number of hydrogen-bond donors (Lipinski definition) is 3. The summed E-state index contributed by atoms with van der Waals surface area (Å²) in [6.45, 7) is 7.34. The van der Waals surface area contributed by atoms with E-state index < -0.39 is 11.6 Å². The van der Waals surface area contributed by atoms with Crippen molar-refractivity contribution in [2.24, 2.45) is 5.92 Å². The molecule has 0 aliphatic carbocycles. The van der Waals surface area contributed by atoms with Crippen molar-refractivity contribution in [3.8, 4) is 0 Å². The highest BCUT2D eigenvalue weighted by molar-refractivity contribution is 5.68. The molecule has 106 valence electrons. The Morgan fingerprint density at radius 3 is 2.89 bits per heavy atom. The van der Waals surface area contributed by atoms with E-state index in [1.807, 2.05) is 13.8 Å². The van der Waals surface area contributed by atoms with Crippen LogP contribution in [-0.2, 0) is 4.79 Å². The maximum Gasteiger partial charge on any atom is 0.317 e. The zero-order valence-corrected chi connectivity index (χ0v) is 11.5. The highest BCUT2D eigenvalue weighted by atomic mass is 16.4. The van der Waals surface area contributed by atoms with Crippen LogP contribution in [0.4, 0.5) is 0 Å². The molecule has 2 unspecified atom stereocenters. The van der Waals surface area contributed by atoms with Crippen LogP contribution in [0.2, 0.25) is 0 Å². The van der Waals surface area contributed by atoms with Gasteiger partial charge < -0.3 is 20.4 Å². The second kappa shape index (κ2) is 7.07. The van der Waals surface area contributed by atoms with Gasteiger partial charge in [-0.15, -0.1) is 0 Å². The normalized spacial score (nSPS) is 24.7. The van der Waals surface area contributed by atoms with E-state index in [0.717, 1.165) is 38.9 Å². The van der Waals surface area contributed by atoms with Crippen molar-refractivity contribution in [3.05, 3.63) is 0 Å². The van der Waals surface area contributed by atoms with Crippen LogP contribution in [-0.4, -0.2) is 59.4 Å². The third-order valence-corrected chi connectivity index (χ3v) is 3.64. The van der Waals surface area contributed by atoms with E-state index in [0.29, 0.717) is 12.5 Å². The number of hydrogen-bond acceptors (Lipinski definition) is 4. The van der Waals surface area contributed by atoms with Crippen LogP contribution in [0.5, 0.6) is 0 Å². The minimum absolute atomic E-state index is 0.0309. The van der Waals surface area contributed by atoms with Crippen molar-refractivity contribution in [2.75, 3.05) is 32.7 Å². The van der Waals surface area contributed by atoms with Crippen LogP contribution in [0.15, 0.2) is 0 Å². The van der Waals surface area contributed by atoms with Gasteiger partial charge in [-0.05, 0) is 45.2 Å². The summed E-state index contributed by atoms with van der Waals surface area (Å²) in [6.07, 6.45) is 3.02. The number of carboxylic acids is 1. The molecule has 3 N–H and O–H groups in total. The maximum absolute atomic E-state index is 10.4. The zero-order valence-electron chi connectivity index (χ0n) is 11.5. The van der Waals surface area contributed by atoms with E-state index in [4.69, 9.17) is 5.11 Å². The van der Waals surface area contributed by atoms with Gasteiger partial charge in [0.05, 0.1) is 12.1 Å². The smallest absolute Gasteiger partial charge is 0.317 e. The molecule has 0 radical (unpaired) electrons. The molecule has 1 fully saturated rings. The Kier molecular flexibility index (Phi) is 6.05. The molecule has 1 heterocycles. The highest BCUT2D eigenvalue weighted by Gasteiger charge is 2.26. The van der Waals surface area contributed by atoms with Crippen molar-refractivity contribution in [1.82, 2.24) is 10.2 Å². The Bertz CT molecular complexity index is 269. The number of aliphatic carboxylic acids is 1. The number of β-amino-alcohol motifs (C(OH)–C–C–N with tert-alkyl or cyclic N) is 1. The number of rotatable bonds is 7. The van der Waals surface area contributed by atoms with E-state index in [1.54, 1.807) is 0 Å². The van der Waals surface area contributed by atoms with Gasteiger partial charge in [0, 0.05) is 13.1 Å². The van der Waals surface area contributed by atoms with Gasteiger partial charge in [0.2, 0.25) is 0 Å². The molecule has 1 aliphatic heterocycles. The topological polar surface area (TPSA) is 72.8 Å². The fourth-order valence-corrected chi connectivity index (χ4v) is 2.44. The number of piperidine rings is 1. The standard InChI is InChI=1S/C13H26N2O3/c1-3-13(2,18)10-15-6-4-5-11(9-15)7-14-8-12(16)17/h11,14,18H,3-10H2,1-2H3,(H,16,17). The summed E-state index contributed by atoms with van der Waals surface area (Å²) in [5.74, 6) is -0.317. The third-order valence-electron chi connectivity index (χ3n) is 3.64. The van der Waals surface area contributed by atoms with Crippen LogP contribution < -0.4 is 5.32 Å². The van der Waals surface area contributed by atoms with Crippen LogP contribution in [0, 0.1) is 5.92 Å². The SMILES string of the molecule is CCC(C)(O)CN1CCCC(CNCC(=O)O)C1. The predicted molar refractivity (Wildman–Crippen MR) is 70.6 cm³/mol. The van der Waals surface area contributed by atoms with Gasteiger partial charge in [-0.1, -0.05) is 6.92 Å². The first kappa shape index (κ1) is 15.4. The van der Waals surface area contributed by atoms with E-state index >= 15 is 0 Å². The number of nitrogens with zero attached hydrogens (tertiary/aromatic N) is 1. The van der Waals surface area contributed by atoms with Gasteiger partial charge in [-0.2, -0.15) is 0 Å². The average Bonchev–Trinajstić information content (AvgIpc) is 2.28. The second-order valence-electron chi connectivity index (χ2n) is 5.62. The molecule has 2 atom stereocenters. The minimum Gasteiger partial charge on any atom is -0.480 e. The van der Waals surface area contributed by atoms with Gasteiger partial charge in [0.25, 0.3) is 0 Å². The molecular weight excluding hydrogens is 232 g/mol. The Balaban J connectivity index is 2.30. The minimum atomic E-state index is -0.809. The van der Waals surface area contributed by atoms with E-state index in [9.17, 15) is 9.90 Å². The molecule has 0 amide bonds. The Hall–Kier alpha value is -0.650. The van der Waals surface area contributed by atoms with Gasteiger partial charge in [-0.3, -0.25) is 4.79 Å². The van der Waals surface area contributed by atoms with E-state index in [2.05, 4.69) is 10.2 Å². The summed E-state index contributed by atoms with van der Waals surface area (Å²) in [5.41, 5.74) is -0.615. The lowest BCUT2D eigenvalue weighted by atomic mass is 9.95. The molecule has 1 rings (SSSR count). The first-order chi connectivity index (χ1) is 8.43. The third kappa shape index (κ3) is 5.80. The second-order valence-corrected chi connectivity index (χ2v) is 5.62. The van der Waals surface area contributed by atoms with Crippen LogP contribution in [0.3, 0.4) is 0 Å². The molecule has 1 saturated heterocycles. The van der Waals surface area contributed by atoms with E-state index in [1.165, 1.54) is 0 Å². The van der Waals surface area contributed by atoms with Crippen molar-refractivity contribution < 1.29 is 15.0 Å². The summed E-state index contributed by atoms with van der Waals surface area (Å²) in [5, 5.41) is 21.6. The number of likely N-dealkylation sites (tertiary alicyclic amines) is 1. The Morgan fingerprint density at radius 1 is 1.56 bits per heavy atom. The quantitative estimate of drug-likeness (QED) is 0.621. The first-order valence-corrected chi connectivity index (χ1v) is 6.80. The lowest BCUT2D eigenvalue weighted by Gasteiger charge is -2.37. The summed E-state index contributed by atoms with van der Waals surface area (Å²) in [7, 11) is 0. The van der Waals surface area contributed by atoms with Crippen molar-refractivity contribution in [1.29, 1.82) is 0 Å². The van der Waals surface area contributed by atoms with Crippen molar-refractivity contribution in [2.45, 2.75) is 38.7 Å². The molecule has 5 nitrogen and oxygen atoms in total. The van der Waals surface area contributed by atoms with Crippen LogP contribution in [0.1, 0.15) is 33.1 Å². The van der Waals surface area contributed by atoms with Gasteiger partial charge in [0.1, 0.15) is 0 Å². The van der Waals surface area contributed by atoms with Gasteiger partial charge in [-0.25, -0.2) is 0 Å². The Morgan fingerprint density at radius 2 is 2.28 bits per heavy atom. The number of carboxylic acid groups (broad SMARTS) is 1. The number of aliphatic hydroxyl groups is 1. The molecule has 0 aromatic rings. The summed E-state index contributed by atoms with van der Waals surface area (Å²) in [4.78, 5) is 12.7. The molecule has 18 heavy (non-hydrogen) atoms. The lowest BCUT2D eigenvalue weighted by molar-refractivity contribution is -0.136. The summed E-state index contributed by atoms with van der Waals surface area (Å²) in [6, 6.07) is 0. The summed E-state index contributed by atoms with van der Waals surface area (Å²) < 4.78 is 0.